The van der Waals surface area contributed by atoms with Gasteiger partial charge in [0.15, 0.2) is 0 Å². The molecule has 1 amide bonds. The molecule has 1 N–H and O–H groups in total. The van der Waals surface area contributed by atoms with E-state index < -0.39 is 0 Å². The molecule has 1 atom stereocenters. The van der Waals surface area contributed by atoms with Crippen LogP contribution in [-0.4, -0.2) is 17.8 Å². The Morgan fingerprint density at radius 2 is 2.50 bits per heavy atom. The van der Waals surface area contributed by atoms with Gasteiger partial charge in [-0.25, -0.2) is 0 Å². The van der Waals surface area contributed by atoms with Crippen LogP contribution in [0.3, 0.4) is 0 Å². The van der Waals surface area contributed by atoms with Crippen LogP contribution in [0.5, 0.6) is 0 Å². The van der Waals surface area contributed by atoms with Crippen molar-refractivity contribution in [1.29, 1.82) is 0 Å². The third kappa shape index (κ3) is 2.12. The van der Waals surface area contributed by atoms with Crippen LogP contribution in [0.15, 0.2) is 12.7 Å². The number of halogens is 1. The van der Waals surface area contributed by atoms with Crippen LogP contribution < -0.4 is 5.32 Å². The zero-order valence-corrected chi connectivity index (χ0v) is 6.23. The van der Waals surface area contributed by atoms with Gasteiger partial charge in [-0.1, -0.05) is 22.0 Å². The summed E-state index contributed by atoms with van der Waals surface area (Å²) in [4.78, 5) is 10.3. The normalized spacial score (nSPS) is 12.2. The third-order valence-electron chi connectivity index (χ3n) is 0.704. The van der Waals surface area contributed by atoms with E-state index in [-0.39, 0.29) is 10.7 Å². The largest absolute Gasteiger partial charge is 0.358 e. The molecule has 0 spiro atoms. The lowest BCUT2D eigenvalue weighted by molar-refractivity contribution is -0.119. The van der Waals surface area contributed by atoms with Gasteiger partial charge in [0.1, 0.15) is 4.83 Å². The van der Waals surface area contributed by atoms with E-state index in [1.165, 1.54) is 6.08 Å². The Kier molecular flexibility index (Phi) is 3.52. The minimum Gasteiger partial charge on any atom is -0.358 e. The molecule has 1 unspecified atom stereocenters. The first kappa shape index (κ1) is 7.69. The number of nitrogens with one attached hydrogen (secondary N) is 1. The molecule has 0 rings (SSSR count). The number of rotatable bonds is 2. The molecule has 3 heteroatoms. The van der Waals surface area contributed by atoms with Gasteiger partial charge < -0.3 is 5.32 Å². The van der Waals surface area contributed by atoms with Crippen molar-refractivity contribution in [3.8, 4) is 0 Å². The number of amides is 1. The van der Waals surface area contributed by atoms with Crippen LogP contribution in [0.1, 0.15) is 0 Å². The van der Waals surface area contributed by atoms with Crippen molar-refractivity contribution in [1.82, 2.24) is 5.32 Å². The molecule has 0 aliphatic rings. The van der Waals surface area contributed by atoms with Gasteiger partial charge in [0.05, 0.1) is 0 Å². The highest BCUT2D eigenvalue weighted by molar-refractivity contribution is 9.10. The quantitative estimate of drug-likeness (QED) is 0.489. The number of carbonyl (C=O) groups is 1. The van der Waals surface area contributed by atoms with Crippen molar-refractivity contribution in [2.75, 3.05) is 7.05 Å². The lowest BCUT2D eigenvalue weighted by Gasteiger charge is -1.98. The maximum atomic E-state index is 10.5. The van der Waals surface area contributed by atoms with Gasteiger partial charge in [-0.15, -0.1) is 6.58 Å². The van der Waals surface area contributed by atoms with E-state index in [2.05, 4.69) is 27.8 Å². The van der Waals surface area contributed by atoms with Gasteiger partial charge in [-0.05, 0) is 0 Å². The van der Waals surface area contributed by atoms with Gasteiger partial charge in [0, 0.05) is 7.05 Å². The van der Waals surface area contributed by atoms with E-state index >= 15 is 0 Å². The van der Waals surface area contributed by atoms with Crippen LogP contribution in [0, 0.1) is 0 Å². The molecule has 0 aromatic carbocycles. The second-order valence-corrected chi connectivity index (χ2v) is 2.24. The molecule has 46 valence electrons. The zero-order chi connectivity index (χ0) is 6.57. The van der Waals surface area contributed by atoms with Gasteiger partial charge in [-0.3, -0.25) is 4.79 Å². The predicted molar refractivity (Wildman–Crippen MR) is 37.0 cm³/mol. The van der Waals surface area contributed by atoms with Crippen molar-refractivity contribution in [2.45, 2.75) is 4.83 Å². The monoisotopic (exact) mass is 177 g/mol. The Hall–Kier alpha value is -0.310. The Morgan fingerprint density at radius 1 is 2.00 bits per heavy atom. The molecule has 0 aromatic heterocycles. The SMILES string of the molecule is C=CC(Br)C(=O)NC. The molecule has 0 saturated heterocycles. The molecule has 0 aliphatic heterocycles. The van der Waals surface area contributed by atoms with Crippen molar-refractivity contribution >= 4 is 21.8 Å². The average Bonchev–Trinajstić information content (AvgIpc) is 1.84. The Balaban J connectivity index is 3.62. The van der Waals surface area contributed by atoms with E-state index in [0.29, 0.717) is 0 Å². The smallest absolute Gasteiger partial charge is 0.237 e. The Morgan fingerprint density at radius 3 is 2.62 bits per heavy atom. The molecule has 0 heterocycles. The fourth-order valence-electron chi connectivity index (χ4n) is 0.245. The van der Waals surface area contributed by atoms with Crippen molar-refractivity contribution in [3.05, 3.63) is 12.7 Å². The minimum absolute atomic E-state index is 0.0694. The first-order chi connectivity index (χ1) is 3.72. The van der Waals surface area contributed by atoms with E-state index in [1.807, 2.05) is 0 Å². The summed E-state index contributed by atoms with van der Waals surface area (Å²) >= 11 is 3.07. The highest BCUT2D eigenvalue weighted by atomic mass is 79.9. The number of alkyl halides is 1. The maximum Gasteiger partial charge on any atom is 0.237 e. The summed E-state index contributed by atoms with van der Waals surface area (Å²) in [5.74, 6) is -0.0694. The summed E-state index contributed by atoms with van der Waals surface area (Å²) in [7, 11) is 1.58. The summed E-state index contributed by atoms with van der Waals surface area (Å²) in [6.45, 7) is 3.42. The molecule has 2 nitrogen and oxygen atoms in total. The van der Waals surface area contributed by atoms with Crippen LogP contribution in [0.2, 0.25) is 0 Å². The summed E-state index contributed by atoms with van der Waals surface area (Å²) in [5.41, 5.74) is 0. The molecule has 0 aliphatic carbocycles. The highest BCUT2D eigenvalue weighted by Crippen LogP contribution is 1.97. The standard InChI is InChI=1S/C5H8BrNO/c1-3-4(6)5(8)7-2/h3-4H,1H2,2H3,(H,7,8). The lowest BCUT2D eigenvalue weighted by atomic mass is 10.4. The van der Waals surface area contributed by atoms with Crippen LogP contribution in [0.4, 0.5) is 0 Å². The Labute approximate surface area is 57.1 Å². The van der Waals surface area contributed by atoms with E-state index in [1.54, 1.807) is 7.05 Å². The van der Waals surface area contributed by atoms with Crippen molar-refractivity contribution in [3.63, 3.8) is 0 Å². The maximum absolute atomic E-state index is 10.5. The van der Waals surface area contributed by atoms with Crippen LogP contribution in [0.25, 0.3) is 0 Å². The molecule has 0 bridgehead atoms. The molecule has 0 saturated carbocycles. The number of hydrogen-bond acceptors (Lipinski definition) is 1. The third-order valence-corrected chi connectivity index (χ3v) is 1.49. The summed E-state index contributed by atoms with van der Waals surface area (Å²) in [6, 6.07) is 0. The van der Waals surface area contributed by atoms with Gasteiger partial charge in [-0.2, -0.15) is 0 Å². The second-order valence-electron chi connectivity index (χ2n) is 1.25. The predicted octanol–water partition coefficient (Wildman–Crippen LogP) is 0.682. The molecule has 0 radical (unpaired) electrons. The topological polar surface area (TPSA) is 29.1 Å². The fraction of sp³-hybridized carbons (Fsp3) is 0.400. The first-order valence-electron chi connectivity index (χ1n) is 2.20. The molecular formula is C5H8BrNO. The molecule has 0 aromatic rings. The first-order valence-corrected chi connectivity index (χ1v) is 3.12. The summed E-state index contributed by atoms with van der Waals surface area (Å²) in [6.07, 6.45) is 1.53. The summed E-state index contributed by atoms with van der Waals surface area (Å²) < 4.78 is 0. The Bertz CT molecular complexity index is 103. The summed E-state index contributed by atoms with van der Waals surface area (Å²) in [5, 5.41) is 2.46. The molecule has 0 fully saturated rings. The van der Waals surface area contributed by atoms with Crippen LogP contribution in [-0.2, 0) is 4.79 Å². The van der Waals surface area contributed by atoms with Crippen molar-refractivity contribution in [2.24, 2.45) is 0 Å². The molecular weight excluding hydrogens is 170 g/mol. The van der Waals surface area contributed by atoms with E-state index in [0.717, 1.165) is 0 Å². The minimum atomic E-state index is -0.257. The van der Waals surface area contributed by atoms with Gasteiger partial charge in [0.25, 0.3) is 0 Å². The number of hydrogen-bond donors (Lipinski definition) is 1. The molecule has 8 heavy (non-hydrogen) atoms. The van der Waals surface area contributed by atoms with E-state index in [9.17, 15) is 4.79 Å². The zero-order valence-electron chi connectivity index (χ0n) is 4.65. The average molecular weight is 178 g/mol. The second kappa shape index (κ2) is 3.66. The van der Waals surface area contributed by atoms with E-state index in [4.69, 9.17) is 0 Å². The van der Waals surface area contributed by atoms with Crippen molar-refractivity contribution < 1.29 is 4.79 Å². The fourth-order valence-corrected chi connectivity index (χ4v) is 0.474. The van der Waals surface area contributed by atoms with Crippen LogP contribution >= 0.6 is 15.9 Å². The van der Waals surface area contributed by atoms with Gasteiger partial charge >= 0.3 is 0 Å². The highest BCUT2D eigenvalue weighted by Gasteiger charge is 2.05. The lowest BCUT2D eigenvalue weighted by Crippen LogP contribution is -2.25. The number of carbonyl (C=O) groups excluding carboxylic acids is 1. The van der Waals surface area contributed by atoms with Gasteiger partial charge in [0.2, 0.25) is 5.91 Å².